The van der Waals surface area contributed by atoms with E-state index >= 15 is 4.39 Å². The van der Waals surface area contributed by atoms with Gasteiger partial charge in [-0.3, -0.25) is 43.7 Å². The van der Waals surface area contributed by atoms with Gasteiger partial charge in [0.25, 0.3) is 11.8 Å². The van der Waals surface area contributed by atoms with Crippen LogP contribution in [0.3, 0.4) is 0 Å². The molecule has 18 heteroatoms. The van der Waals surface area contributed by atoms with Crippen LogP contribution in [0.25, 0.3) is 22.2 Å². The standard InChI is InChI=1S/C42H39F2N7O8S/c1-2-17-60(58,59)50-32-13-12-31(43)36(37(32)44)38(54)30-22-48-39-28(30)18-25(21-47-39)24-8-6-23(7-9-24)20-46-34(52)5-3-4-16-45-26-10-11-27-29(19-26)42(57)51(41(27)56)33-14-15-35(53)49-40(33)55/h6-13,18-19,21-22,33,45,50H,2-5,14-17,20H2,1H3,(H,46,52)(H,47,48)(H,49,53,55). The average Bonchev–Trinajstić information content (AvgIpc) is 3.75. The van der Waals surface area contributed by atoms with Crippen LogP contribution in [0.15, 0.2) is 73.1 Å². The molecule has 0 saturated carbocycles. The average molecular weight is 840 g/mol. The van der Waals surface area contributed by atoms with Gasteiger partial charge in [0, 0.05) is 60.5 Å². The third-order valence-corrected chi connectivity index (χ3v) is 11.7. The van der Waals surface area contributed by atoms with E-state index in [1.54, 1.807) is 31.3 Å². The Kier molecular flexibility index (Phi) is 11.8. The summed E-state index contributed by atoms with van der Waals surface area (Å²) in [6.45, 7) is 2.40. The van der Waals surface area contributed by atoms with Crippen LogP contribution in [0.1, 0.15) is 87.6 Å². The van der Waals surface area contributed by atoms with Gasteiger partial charge in [0.1, 0.15) is 17.5 Å². The quantitative estimate of drug-likeness (QED) is 0.0498. The molecule has 1 fully saturated rings. The number of fused-ring (bicyclic) bond motifs is 2. The number of aromatic nitrogens is 2. The highest BCUT2D eigenvalue weighted by Gasteiger charge is 2.44. The SMILES string of the molecule is CCCS(=O)(=O)Nc1ccc(F)c(C(=O)c2c[nH]c3ncc(-c4ccc(CNC(=O)CCCCNc5ccc6c(c5)C(=O)N(C5CCC(=O)NC5=O)C6=O)cc4)cc23)c1F. The van der Waals surface area contributed by atoms with Gasteiger partial charge in [-0.25, -0.2) is 22.2 Å². The Bertz CT molecular complexity index is 2680. The Balaban J connectivity index is 0.897. The number of H-pyrrole nitrogens is 1. The zero-order chi connectivity index (χ0) is 42.7. The van der Waals surface area contributed by atoms with E-state index in [0.29, 0.717) is 41.7 Å². The van der Waals surface area contributed by atoms with Crippen molar-refractivity contribution in [2.24, 2.45) is 0 Å². The molecule has 2 aliphatic heterocycles. The lowest BCUT2D eigenvalue weighted by atomic mass is 9.99. The summed E-state index contributed by atoms with van der Waals surface area (Å²) in [6, 6.07) is 14.4. The van der Waals surface area contributed by atoms with Gasteiger partial charge < -0.3 is 15.6 Å². The molecule has 3 aromatic carbocycles. The van der Waals surface area contributed by atoms with E-state index in [9.17, 15) is 41.6 Å². The van der Waals surface area contributed by atoms with Gasteiger partial charge >= 0.3 is 0 Å². The molecular formula is C42H39F2N7O8S. The van der Waals surface area contributed by atoms with Gasteiger partial charge in [0.2, 0.25) is 33.5 Å². The summed E-state index contributed by atoms with van der Waals surface area (Å²) in [4.78, 5) is 84.1. The smallest absolute Gasteiger partial charge is 0.262 e. The highest BCUT2D eigenvalue weighted by atomic mass is 32.2. The number of ketones is 1. The van der Waals surface area contributed by atoms with Gasteiger partial charge in [-0.1, -0.05) is 31.2 Å². The molecule has 5 amide bonds. The lowest BCUT2D eigenvalue weighted by Gasteiger charge is -2.27. The van der Waals surface area contributed by atoms with Crippen LogP contribution >= 0.6 is 0 Å². The van der Waals surface area contributed by atoms with Crippen molar-refractivity contribution in [1.82, 2.24) is 25.5 Å². The van der Waals surface area contributed by atoms with Crippen LogP contribution in [-0.4, -0.2) is 76.9 Å². The van der Waals surface area contributed by atoms with Crippen molar-refractivity contribution in [2.75, 3.05) is 22.3 Å². The fourth-order valence-corrected chi connectivity index (χ4v) is 8.27. The minimum Gasteiger partial charge on any atom is -0.385 e. The molecule has 310 valence electrons. The van der Waals surface area contributed by atoms with Gasteiger partial charge in [-0.15, -0.1) is 0 Å². The molecule has 15 nitrogen and oxygen atoms in total. The number of amides is 5. The van der Waals surface area contributed by atoms with E-state index in [-0.39, 0.29) is 60.6 Å². The second-order valence-corrected chi connectivity index (χ2v) is 16.3. The van der Waals surface area contributed by atoms with Crippen molar-refractivity contribution in [2.45, 2.75) is 58.0 Å². The van der Waals surface area contributed by atoms with E-state index < -0.39 is 68.4 Å². The maximum absolute atomic E-state index is 15.4. The number of carbonyl (C=O) groups excluding carboxylic acids is 6. The van der Waals surface area contributed by atoms with Crippen LogP contribution < -0.4 is 20.7 Å². The summed E-state index contributed by atoms with van der Waals surface area (Å²) in [5.74, 6) is -6.18. The maximum Gasteiger partial charge on any atom is 0.262 e. The molecular weight excluding hydrogens is 801 g/mol. The lowest BCUT2D eigenvalue weighted by Crippen LogP contribution is -2.54. The topological polar surface area (TPSA) is 217 Å². The fourth-order valence-electron chi connectivity index (χ4n) is 7.14. The van der Waals surface area contributed by atoms with Crippen LogP contribution in [0.2, 0.25) is 0 Å². The predicted molar refractivity (Wildman–Crippen MR) is 216 cm³/mol. The number of benzene rings is 3. The Morgan fingerprint density at radius 3 is 2.45 bits per heavy atom. The second kappa shape index (κ2) is 17.2. The molecule has 60 heavy (non-hydrogen) atoms. The molecule has 5 N–H and O–H groups in total. The number of imide groups is 2. The van der Waals surface area contributed by atoms with Crippen LogP contribution in [0, 0.1) is 11.6 Å². The van der Waals surface area contributed by atoms with Crippen molar-refractivity contribution >= 4 is 67.8 Å². The first-order valence-corrected chi connectivity index (χ1v) is 20.9. The number of nitrogens with zero attached hydrogens (tertiary/aromatic N) is 2. The van der Waals surface area contributed by atoms with Crippen molar-refractivity contribution in [3.63, 3.8) is 0 Å². The number of pyridine rings is 1. The number of halogens is 2. The Hall–Kier alpha value is -6.82. The van der Waals surface area contributed by atoms with E-state index in [1.165, 1.54) is 12.3 Å². The van der Waals surface area contributed by atoms with E-state index in [1.807, 2.05) is 24.3 Å². The van der Waals surface area contributed by atoms with Crippen LogP contribution in [-0.2, 0) is 31.0 Å². The molecule has 2 aromatic heterocycles. The third-order valence-electron chi connectivity index (χ3n) is 10.2. The summed E-state index contributed by atoms with van der Waals surface area (Å²) >= 11 is 0. The van der Waals surface area contributed by atoms with Gasteiger partial charge in [-0.05, 0) is 73.2 Å². The first-order chi connectivity index (χ1) is 28.7. The number of hydrogen-bond donors (Lipinski definition) is 5. The number of rotatable bonds is 16. The molecule has 2 aliphatic rings. The zero-order valence-corrected chi connectivity index (χ0v) is 33.0. The lowest BCUT2D eigenvalue weighted by molar-refractivity contribution is -0.136. The summed E-state index contributed by atoms with van der Waals surface area (Å²) in [6.07, 6.45) is 4.73. The highest BCUT2D eigenvalue weighted by molar-refractivity contribution is 7.92. The van der Waals surface area contributed by atoms with Crippen molar-refractivity contribution in [3.05, 3.63) is 113 Å². The monoisotopic (exact) mass is 839 g/mol. The van der Waals surface area contributed by atoms with Gasteiger partial charge in [0.15, 0.2) is 5.82 Å². The summed E-state index contributed by atoms with van der Waals surface area (Å²) in [5, 5.41) is 8.57. The molecule has 7 rings (SSSR count). The molecule has 5 aromatic rings. The van der Waals surface area contributed by atoms with Crippen LogP contribution in [0.4, 0.5) is 20.2 Å². The number of aromatic amines is 1. The minimum absolute atomic E-state index is 0.0369. The molecule has 1 saturated heterocycles. The van der Waals surface area contributed by atoms with Crippen LogP contribution in [0.5, 0.6) is 0 Å². The first-order valence-electron chi connectivity index (χ1n) is 19.2. The third kappa shape index (κ3) is 8.63. The molecule has 4 heterocycles. The number of sulfonamides is 1. The van der Waals surface area contributed by atoms with E-state index in [4.69, 9.17) is 0 Å². The van der Waals surface area contributed by atoms with Crippen molar-refractivity contribution in [1.29, 1.82) is 0 Å². The summed E-state index contributed by atoms with van der Waals surface area (Å²) in [7, 11) is -3.91. The molecule has 0 aliphatic carbocycles. The first kappa shape index (κ1) is 41.3. The van der Waals surface area contributed by atoms with E-state index in [0.717, 1.165) is 28.2 Å². The molecule has 0 radical (unpaired) electrons. The number of nitrogens with one attached hydrogen (secondary N) is 5. The number of hydrogen-bond acceptors (Lipinski definition) is 10. The predicted octanol–water partition coefficient (Wildman–Crippen LogP) is 5.19. The zero-order valence-electron chi connectivity index (χ0n) is 32.2. The number of anilines is 2. The van der Waals surface area contributed by atoms with Crippen molar-refractivity contribution < 1.29 is 46.0 Å². The molecule has 0 bridgehead atoms. The Labute approximate surface area is 342 Å². The van der Waals surface area contributed by atoms with Gasteiger partial charge in [-0.2, -0.15) is 0 Å². The Morgan fingerprint density at radius 1 is 0.933 bits per heavy atom. The summed E-state index contributed by atoms with van der Waals surface area (Å²) < 4.78 is 56.9. The maximum atomic E-state index is 15.4. The van der Waals surface area contributed by atoms with E-state index in [2.05, 4.69) is 30.6 Å². The fraction of sp³-hybridized carbons (Fsp3) is 0.262. The normalized spacial score (nSPS) is 15.2. The molecule has 1 atom stereocenters. The summed E-state index contributed by atoms with van der Waals surface area (Å²) in [5.41, 5.74) is 1.93. The second-order valence-electron chi connectivity index (χ2n) is 14.4. The van der Waals surface area contributed by atoms with Gasteiger partial charge in [0.05, 0.1) is 28.1 Å². The largest absolute Gasteiger partial charge is 0.385 e. The highest BCUT2D eigenvalue weighted by Crippen LogP contribution is 2.31. The minimum atomic E-state index is -3.91. The molecule has 1 unspecified atom stereocenters. The number of carbonyl (C=O) groups is 6. The number of piperidine rings is 1. The Morgan fingerprint density at radius 2 is 1.70 bits per heavy atom. The van der Waals surface area contributed by atoms with Crippen molar-refractivity contribution in [3.8, 4) is 11.1 Å². The molecule has 0 spiro atoms. The number of unbranched alkanes of at least 4 members (excludes halogenated alkanes) is 1.